The number of rotatable bonds is 10. The molecule has 0 saturated carbocycles. The number of carboxylic acids is 1. The molecule has 0 amide bonds. The SMILES string of the molecule is CCC(C)(N)N(CCOCCO)CCC(=O)O. The maximum Gasteiger partial charge on any atom is 0.304 e. The topological polar surface area (TPSA) is 96.0 Å². The maximum absolute atomic E-state index is 10.6. The van der Waals surface area contributed by atoms with Crippen LogP contribution >= 0.6 is 0 Å². The van der Waals surface area contributed by atoms with E-state index in [0.29, 0.717) is 26.3 Å². The van der Waals surface area contributed by atoms with Crippen LogP contribution in [0, 0.1) is 0 Å². The van der Waals surface area contributed by atoms with E-state index in [2.05, 4.69) is 0 Å². The van der Waals surface area contributed by atoms with Crippen molar-refractivity contribution in [3.05, 3.63) is 0 Å². The number of carbonyl (C=O) groups is 1. The largest absolute Gasteiger partial charge is 0.481 e. The first-order chi connectivity index (χ1) is 7.94. The molecule has 0 radical (unpaired) electrons. The first-order valence-corrected chi connectivity index (χ1v) is 5.88. The van der Waals surface area contributed by atoms with Crippen LogP contribution in [0.15, 0.2) is 0 Å². The van der Waals surface area contributed by atoms with Crippen LogP contribution in [-0.2, 0) is 9.53 Å². The Kier molecular flexibility index (Phi) is 8.07. The molecule has 0 rings (SSSR count). The van der Waals surface area contributed by atoms with Crippen molar-refractivity contribution in [2.24, 2.45) is 5.73 Å². The van der Waals surface area contributed by atoms with Crippen molar-refractivity contribution in [2.45, 2.75) is 32.4 Å². The number of ether oxygens (including phenoxy) is 1. The molecule has 0 saturated heterocycles. The van der Waals surface area contributed by atoms with Gasteiger partial charge in [-0.1, -0.05) is 6.92 Å². The fraction of sp³-hybridized carbons (Fsp3) is 0.909. The summed E-state index contributed by atoms with van der Waals surface area (Å²) in [4.78, 5) is 12.5. The van der Waals surface area contributed by atoms with Crippen LogP contribution in [0.5, 0.6) is 0 Å². The monoisotopic (exact) mass is 248 g/mol. The van der Waals surface area contributed by atoms with Gasteiger partial charge in [0.05, 0.1) is 31.9 Å². The lowest BCUT2D eigenvalue weighted by molar-refractivity contribution is -0.137. The summed E-state index contributed by atoms with van der Waals surface area (Å²) in [6.45, 7) is 5.52. The van der Waals surface area contributed by atoms with Gasteiger partial charge in [0.25, 0.3) is 0 Å². The normalized spacial score (nSPS) is 14.9. The fourth-order valence-corrected chi connectivity index (χ4v) is 1.42. The highest BCUT2D eigenvalue weighted by atomic mass is 16.5. The molecule has 0 aromatic carbocycles. The molecule has 0 aliphatic heterocycles. The molecular formula is C11H24N2O4. The Hall–Kier alpha value is -0.690. The van der Waals surface area contributed by atoms with Crippen LogP contribution in [-0.4, -0.2) is 59.7 Å². The van der Waals surface area contributed by atoms with Crippen molar-refractivity contribution < 1.29 is 19.7 Å². The van der Waals surface area contributed by atoms with E-state index in [4.69, 9.17) is 20.7 Å². The Morgan fingerprint density at radius 1 is 1.41 bits per heavy atom. The second-order valence-corrected chi connectivity index (χ2v) is 4.18. The number of aliphatic carboxylic acids is 1. The molecule has 102 valence electrons. The van der Waals surface area contributed by atoms with E-state index in [0.717, 1.165) is 6.42 Å². The van der Waals surface area contributed by atoms with Crippen molar-refractivity contribution in [1.29, 1.82) is 0 Å². The molecule has 1 atom stereocenters. The summed E-state index contributed by atoms with van der Waals surface area (Å²) in [5.41, 5.74) is 5.56. The van der Waals surface area contributed by atoms with Crippen molar-refractivity contribution in [3.8, 4) is 0 Å². The Morgan fingerprint density at radius 3 is 2.53 bits per heavy atom. The number of aliphatic hydroxyl groups excluding tert-OH is 1. The van der Waals surface area contributed by atoms with Crippen molar-refractivity contribution in [1.82, 2.24) is 4.90 Å². The zero-order valence-electron chi connectivity index (χ0n) is 10.7. The second-order valence-electron chi connectivity index (χ2n) is 4.18. The predicted octanol–water partition coefficient (Wildman–Crippen LogP) is -0.143. The first-order valence-electron chi connectivity index (χ1n) is 5.88. The molecule has 0 aliphatic carbocycles. The van der Waals surface area contributed by atoms with Gasteiger partial charge in [-0.2, -0.15) is 0 Å². The summed E-state index contributed by atoms with van der Waals surface area (Å²) in [6.07, 6.45) is 0.791. The molecule has 0 bridgehead atoms. The lowest BCUT2D eigenvalue weighted by Gasteiger charge is -2.37. The molecule has 1 unspecified atom stereocenters. The van der Waals surface area contributed by atoms with E-state index in [9.17, 15) is 4.79 Å². The molecule has 0 fully saturated rings. The van der Waals surface area contributed by atoms with Crippen molar-refractivity contribution in [3.63, 3.8) is 0 Å². The number of carboxylic acid groups (broad SMARTS) is 1. The molecular weight excluding hydrogens is 224 g/mol. The fourth-order valence-electron chi connectivity index (χ4n) is 1.42. The minimum absolute atomic E-state index is 0.0111. The standard InChI is InChI=1S/C11H24N2O4/c1-3-11(2,12)13(5-4-10(15)16)6-8-17-9-7-14/h14H,3-9,12H2,1-2H3,(H,15,16). The minimum Gasteiger partial charge on any atom is -0.481 e. The van der Waals surface area contributed by atoms with Gasteiger partial charge in [-0.15, -0.1) is 0 Å². The number of nitrogens with zero attached hydrogens (tertiary/aromatic N) is 1. The highest BCUT2D eigenvalue weighted by Gasteiger charge is 2.25. The van der Waals surface area contributed by atoms with Crippen molar-refractivity contribution >= 4 is 5.97 Å². The lowest BCUT2D eigenvalue weighted by Crippen LogP contribution is -2.54. The molecule has 6 heteroatoms. The Balaban J connectivity index is 4.15. The number of nitrogens with two attached hydrogens (primary N) is 1. The third-order valence-electron chi connectivity index (χ3n) is 2.77. The van der Waals surface area contributed by atoms with Crippen LogP contribution in [0.1, 0.15) is 26.7 Å². The zero-order valence-corrected chi connectivity index (χ0v) is 10.7. The summed E-state index contributed by atoms with van der Waals surface area (Å²) in [5.74, 6) is -0.835. The maximum atomic E-state index is 10.6. The number of hydrogen-bond acceptors (Lipinski definition) is 5. The van der Waals surface area contributed by atoms with Gasteiger partial charge in [0, 0.05) is 13.1 Å². The average molecular weight is 248 g/mol. The van der Waals surface area contributed by atoms with E-state index in [1.165, 1.54) is 0 Å². The third kappa shape index (κ3) is 7.27. The highest BCUT2D eigenvalue weighted by molar-refractivity contribution is 5.66. The van der Waals surface area contributed by atoms with Gasteiger partial charge in [0.2, 0.25) is 0 Å². The summed E-state index contributed by atoms with van der Waals surface area (Å²) in [6, 6.07) is 0. The van der Waals surface area contributed by atoms with E-state index in [1.807, 2.05) is 18.7 Å². The molecule has 6 nitrogen and oxygen atoms in total. The van der Waals surface area contributed by atoms with E-state index in [1.54, 1.807) is 0 Å². The molecule has 0 aromatic heterocycles. The number of aliphatic hydroxyl groups is 1. The van der Waals surface area contributed by atoms with E-state index < -0.39 is 11.6 Å². The molecule has 0 aromatic rings. The van der Waals surface area contributed by atoms with Gasteiger partial charge < -0.3 is 20.7 Å². The second kappa shape index (κ2) is 8.41. The van der Waals surface area contributed by atoms with Crippen LogP contribution in [0.2, 0.25) is 0 Å². The first kappa shape index (κ1) is 16.3. The van der Waals surface area contributed by atoms with Gasteiger partial charge in [-0.05, 0) is 13.3 Å². The Labute approximate surface area is 102 Å². The smallest absolute Gasteiger partial charge is 0.304 e. The summed E-state index contributed by atoms with van der Waals surface area (Å²) < 4.78 is 5.17. The van der Waals surface area contributed by atoms with Gasteiger partial charge >= 0.3 is 5.97 Å². The van der Waals surface area contributed by atoms with Crippen LogP contribution in [0.4, 0.5) is 0 Å². The summed E-state index contributed by atoms with van der Waals surface area (Å²) >= 11 is 0. The Morgan fingerprint density at radius 2 is 2.06 bits per heavy atom. The molecule has 4 N–H and O–H groups in total. The molecule has 17 heavy (non-hydrogen) atoms. The van der Waals surface area contributed by atoms with Gasteiger partial charge in [0.15, 0.2) is 0 Å². The molecule has 0 heterocycles. The lowest BCUT2D eigenvalue weighted by atomic mass is 10.1. The summed E-state index contributed by atoms with van der Waals surface area (Å²) in [7, 11) is 0. The predicted molar refractivity (Wildman–Crippen MR) is 64.6 cm³/mol. The minimum atomic E-state index is -0.835. The van der Waals surface area contributed by atoms with Gasteiger partial charge in [0.1, 0.15) is 0 Å². The molecule has 0 spiro atoms. The number of hydrogen-bond donors (Lipinski definition) is 3. The zero-order chi connectivity index (χ0) is 13.3. The van der Waals surface area contributed by atoms with Crippen LogP contribution < -0.4 is 5.73 Å². The van der Waals surface area contributed by atoms with Crippen LogP contribution in [0.3, 0.4) is 0 Å². The highest BCUT2D eigenvalue weighted by Crippen LogP contribution is 2.12. The molecule has 0 aliphatic rings. The third-order valence-corrected chi connectivity index (χ3v) is 2.77. The van der Waals surface area contributed by atoms with Crippen LogP contribution in [0.25, 0.3) is 0 Å². The Bertz CT molecular complexity index is 222. The average Bonchev–Trinajstić information content (AvgIpc) is 2.27. The van der Waals surface area contributed by atoms with E-state index in [-0.39, 0.29) is 13.0 Å². The van der Waals surface area contributed by atoms with Crippen molar-refractivity contribution in [2.75, 3.05) is 32.9 Å². The quantitative estimate of drug-likeness (QED) is 0.368. The van der Waals surface area contributed by atoms with Gasteiger partial charge in [-0.3, -0.25) is 9.69 Å². The van der Waals surface area contributed by atoms with Gasteiger partial charge in [-0.25, -0.2) is 0 Å². The van der Waals surface area contributed by atoms with E-state index >= 15 is 0 Å². The summed E-state index contributed by atoms with van der Waals surface area (Å²) in [5, 5.41) is 17.3.